The van der Waals surface area contributed by atoms with Crippen molar-refractivity contribution in [1.82, 2.24) is 0 Å². The minimum Gasteiger partial charge on any atom is -0.491 e. The molecule has 0 amide bonds. The van der Waals surface area contributed by atoms with E-state index in [0.717, 1.165) is 0 Å². The lowest BCUT2D eigenvalue weighted by molar-refractivity contribution is -0.145. The van der Waals surface area contributed by atoms with Crippen molar-refractivity contribution in [3.63, 3.8) is 0 Å². The number of hydrogen-bond acceptors (Lipinski definition) is 3. The third-order valence-electron chi connectivity index (χ3n) is 2.13. The van der Waals surface area contributed by atoms with Crippen LogP contribution in [-0.4, -0.2) is 37.1 Å². The van der Waals surface area contributed by atoms with Crippen LogP contribution in [0.15, 0.2) is 24.3 Å². The number of hydrogen-bond donors (Lipinski definition) is 1. The third kappa shape index (κ3) is 6.66. The summed E-state index contributed by atoms with van der Waals surface area (Å²) in [6.07, 6.45) is -5.20. The highest BCUT2D eigenvalue weighted by Crippen LogP contribution is 2.18. The fourth-order valence-corrected chi connectivity index (χ4v) is 1.20. The Morgan fingerprint density at radius 3 is 2.26 bits per heavy atom. The lowest BCUT2D eigenvalue weighted by Gasteiger charge is -2.08. The molecule has 0 unspecified atom stereocenters. The first kappa shape index (κ1) is 15.3. The van der Waals surface area contributed by atoms with Crippen molar-refractivity contribution in [3.05, 3.63) is 29.8 Å². The van der Waals surface area contributed by atoms with Gasteiger partial charge in [-0.05, 0) is 24.3 Å². The minimum atomic E-state index is -4.21. The predicted molar refractivity (Wildman–Crippen MR) is 60.4 cm³/mol. The number of carbonyl (C=O) groups is 1. The maximum atomic E-state index is 11.8. The average molecular weight is 278 g/mol. The van der Waals surface area contributed by atoms with Gasteiger partial charge >= 0.3 is 12.1 Å². The van der Waals surface area contributed by atoms with Crippen LogP contribution < -0.4 is 4.74 Å². The van der Waals surface area contributed by atoms with E-state index in [1.54, 1.807) is 0 Å². The van der Waals surface area contributed by atoms with Crippen molar-refractivity contribution in [2.45, 2.75) is 12.6 Å². The van der Waals surface area contributed by atoms with Gasteiger partial charge in [-0.3, -0.25) is 0 Å². The van der Waals surface area contributed by atoms with Crippen LogP contribution in [0.4, 0.5) is 13.2 Å². The molecule has 0 radical (unpaired) electrons. The summed E-state index contributed by atoms with van der Waals surface area (Å²) >= 11 is 0. The van der Waals surface area contributed by atoms with Crippen LogP contribution in [0.3, 0.4) is 0 Å². The largest absolute Gasteiger partial charge is 0.491 e. The third-order valence-corrected chi connectivity index (χ3v) is 2.13. The maximum Gasteiger partial charge on any atom is 0.391 e. The van der Waals surface area contributed by atoms with E-state index in [1.165, 1.54) is 24.3 Å². The number of alkyl halides is 3. The molecule has 1 rings (SSSR count). The molecule has 0 aliphatic rings. The summed E-state index contributed by atoms with van der Waals surface area (Å²) in [5.74, 6) is -0.605. The Bertz CT molecular complexity index is 400. The van der Waals surface area contributed by atoms with Gasteiger partial charge in [0, 0.05) is 0 Å². The molecular weight excluding hydrogens is 265 g/mol. The maximum absolute atomic E-state index is 11.8. The Hall–Kier alpha value is -1.76. The molecule has 0 aliphatic heterocycles. The number of carboxylic acid groups (broad SMARTS) is 1. The summed E-state index contributed by atoms with van der Waals surface area (Å²) in [5, 5.41) is 8.66. The predicted octanol–water partition coefficient (Wildman–Crippen LogP) is 2.73. The second kappa shape index (κ2) is 6.98. The standard InChI is InChI=1S/C12H13F3O4/c13-12(14,15)5-6-18-7-8-19-10-3-1-9(2-4-10)11(16)17/h1-4H,5-8H2,(H,16,17). The molecule has 0 bridgehead atoms. The van der Waals surface area contributed by atoms with E-state index in [9.17, 15) is 18.0 Å². The molecule has 0 fully saturated rings. The van der Waals surface area contributed by atoms with E-state index in [4.69, 9.17) is 14.6 Å². The Morgan fingerprint density at radius 1 is 1.11 bits per heavy atom. The van der Waals surface area contributed by atoms with Crippen LogP contribution in [0, 0.1) is 0 Å². The van der Waals surface area contributed by atoms with E-state index in [1.807, 2.05) is 0 Å². The van der Waals surface area contributed by atoms with Gasteiger partial charge < -0.3 is 14.6 Å². The zero-order chi connectivity index (χ0) is 14.3. The highest BCUT2D eigenvalue weighted by atomic mass is 19.4. The van der Waals surface area contributed by atoms with E-state index in [0.29, 0.717) is 5.75 Å². The molecule has 19 heavy (non-hydrogen) atoms. The van der Waals surface area contributed by atoms with E-state index in [-0.39, 0.29) is 18.8 Å². The quantitative estimate of drug-likeness (QED) is 0.779. The van der Waals surface area contributed by atoms with Crippen LogP contribution in [0.1, 0.15) is 16.8 Å². The zero-order valence-corrected chi connectivity index (χ0v) is 9.94. The van der Waals surface area contributed by atoms with Crippen molar-refractivity contribution in [2.24, 2.45) is 0 Å². The molecule has 0 spiro atoms. The smallest absolute Gasteiger partial charge is 0.391 e. The van der Waals surface area contributed by atoms with Gasteiger partial charge in [0.05, 0.1) is 25.2 Å². The van der Waals surface area contributed by atoms with Gasteiger partial charge in [0.25, 0.3) is 0 Å². The molecule has 1 aromatic rings. The first-order valence-corrected chi connectivity index (χ1v) is 5.49. The number of rotatable bonds is 7. The fraction of sp³-hybridized carbons (Fsp3) is 0.417. The van der Waals surface area contributed by atoms with E-state index in [2.05, 4.69) is 0 Å². The molecule has 0 saturated carbocycles. The Labute approximate surface area is 107 Å². The average Bonchev–Trinajstić information content (AvgIpc) is 2.33. The molecule has 106 valence electrons. The van der Waals surface area contributed by atoms with Gasteiger partial charge in [0.15, 0.2) is 0 Å². The molecule has 4 nitrogen and oxygen atoms in total. The van der Waals surface area contributed by atoms with Gasteiger partial charge in [-0.1, -0.05) is 0 Å². The van der Waals surface area contributed by atoms with Gasteiger partial charge in [-0.25, -0.2) is 4.79 Å². The summed E-state index contributed by atoms with van der Waals surface area (Å²) < 4.78 is 45.2. The van der Waals surface area contributed by atoms with Crippen molar-refractivity contribution in [2.75, 3.05) is 19.8 Å². The Morgan fingerprint density at radius 2 is 1.74 bits per heavy atom. The second-order valence-corrected chi connectivity index (χ2v) is 3.66. The summed E-state index contributed by atoms with van der Waals surface area (Å²) in [5.41, 5.74) is 0.133. The first-order valence-electron chi connectivity index (χ1n) is 5.49. The highest BCUT2D eigenvalue weighted by molar-refractivity contribution is 5.87. The van der Waals surface area contributed by atoms with Crippen molar-refractivity contribution in [1.29, 1.82) is 0 Å². The van der Waals surface area contributed by atoms with Crippen molar-refractivity contribution < 1.29 is 32.5 Å². The fourth-order valence-electron chi connectivity index (χ4n) is 1.20. The Balaban J connectivity index is 2.17. The van der Waals surface area contributed by atoms with Crippen LogP contribution in [-0.2, 0) is 4.74 Å². The number of benzene rings is 1. The lowest BCUT2D eigenvalue weighted by atomic mass is 10.2. The number of halogens is 3. The van der Waals surface area contributed by atoms with Crippen molar-refractivity contribution >= 4 is 5.97 Å². The van der Waals surface area contributed by atoms with E-state index >= 15 is 0 Å². The van der Waals surface area contributed by atoms with E-state index < -0.39 is 25.2 Å². The van der Waals surface area contributed by atoms with Crippen molar-refractivity contribution in [3.8, 4) is 5.75 Å². The first-order chi connectivity index (χ1) is 8.88. The molecular formula is C12H13F3O4. The number of aromatic carboxylic acids is 1. The number of ether oxygens (including phenoxy) is 2. The second-order valence-electron chi connectivity index (χ2n) is 3.66. The summed E-state index contributed by atoms with van der Waals surface area (Å²) in [6.45, 7) is -0.258. The van der Waals surface area contributed by atoms with Crippen LogP contribution >= 0.6 is 0 Å². The minimum absolute atomic E-state index is 0.0385. The molecule has 0 heterocycles. The van der Waals surface area contributed by atoms with Crippen LogP contribution in [0.25, 0.3) is 0 Å². The topological polar surface area (TPSA) is 55.8 Å². The van der Waals surface area contributed by atoms with Crippen LogP contribution in [0.2, 0.25) is 0 Å². The van der Waals surface area contributed by atoms with Gasteiger partial charge in [-0.2, -0.15) is 13.2 Å². The molecule has 1 N–H and O–H groups in total. The summed E-state index contributed by atoms with van der Waals surface area (Å²) in [4.78, 5) is 10.6. The molecule has 0 aromatic heterocycles. The van der Waals surface area contributed by atoms with Gasteiger partial charge in [0.2, 0.25) is 0 Å². The molecule has 0 aliphatic carbocycles. The monoisotopic (exact) mass is 278 g/mol. The normalized spacial score (nSPS) is 11.3. The van der Waals surface area contributed by atoms with Gasteiger partial charge in [0.1, 0.15) is 12.4 Å². The molecule has 1 aromatic carbocycles. The number of carboxylic acids is 1. The summed E-state index contributed by atoms with van der Waals surface area (Å²) in [7, 11) is 0. The van der Waals surface area contributed by atoms with Crippen LogP contribution in [0.5, 0.6) is 5.75 Å². The van der Waals surface area contributed by atoms with Gasteiger partial charge in [-0.15, -0.1) is 0 Å². The zero-order valence-electron chi connectivity index (χ0n) is 9.94. The summed E-state index contributed by atoms with van der Waals surface area (Å²) in [6, 6.07) is 5.70. The SMILES string of the molecule is O=C(O)c1ccc(OCCOCCC(F)(F)F)cc1. The molecule has 0 atom stereocenters. The molecule has 7 heteroatoms. The Kier molecular flexibility index (Phi) is 5.62. The molecule has 0 saturated heterocycles. The highest BCUT2D eigenvalue weighted by Gasteiger charge is 2.26. The lowest BCUT2D eigenvalue weighted by Crippen LogP contribution is -2.14.